The minimum absolute atomic E-state index is 0.180. The van der Waals surface area contributed by atoms with Gasteiger partial charge in [0.25, 0.3) is 0 Å². The van der Waals surface area contributed by atoms with Crippen LogP contribution in [0, 0.1) is 6.92 Å². The molecule has 2 aromatic rings. The smallest absolute Gasteiger partial charge is 0.130 e. The molecule has 1 aliphatic heterocycles. The van der Waals surface area contributed by atoms with Crippen LogP contribution in [0.25, 0.3) is 10.9 Å². The van der Waals surface area contributed by atoms with E-state index >= 15 is 0 Å². The number of nitrogens with zero attached hydrogens (tertiary/aromatic N) is 1. The average molecular weight is 357 g/mol. The Bertz CT molecular complexity index is 702. The van der Waals surface area contributed by atoms with E-state index < -0.39 is 11.7 Å². The van der Waals surface area contributed by atoms with Gasteiger partial charge in [-0.15, -0.1) is 0 Å². The molecule has 20 heavy (non-hydrogen) atoms. The Morgan fingerprint density at radius 2 is 2.05 bits per heavy atom. The summed E-state index contributed by atoms with van der Waals surface area (Å²) in [5.74, 6) is 0.706. The fourth-order valence-electron chi connectivity index (χ4n) is 2.59. The number of aromatic nitrogens is 1. The summed E-state index contributed by atoms with van der Waals surface area (Å²) in [7, 11) is 0. The normalized spacial score (nSPS) is 24.3. The summed E-state index contributed by atoms with van der Waals surface area (Å²) in [6.45, 7) is 5.89. The zero-order valence-corrected chi connectivity index (χ0v) is 13.8. The van der Waals surface area contributed by atoms with Crippen molar-refractivity contribution in [1.82, 2.24) is 4.98 Å². The first-order valence-electron chi connectivity index (χ1n) is 6.41. The van der Waals surface area contributed by atoms with Crippen molar-refractivity contribution in [3.63, 3.8) is 0 Å². The zero-order chi connectivity index (χ0) is 14.7. The summed E-state index contributed by atoms with van der Waals surface area (Å²) in [6.07, 6.45) is -0.640. The van der Waals surface area contributed by atoms with Crippen molar-refractivity contribution in [1.29, 1.82) is 0 Å². The van der Waals surface area contributed by atoms with Crippen LogP contribution in [0.4, 0.5) is 0 Å². The maximum Gasteiger partial charge on any atom is 0.130 e. The molecule has 0 bridgehead atoms. The highest BCUT2D eigenvalue weighted by Crippen LogP contribution is 2.44. The number of pyridine rings is 1. The summed E-state index contributed by atoms with van der Waals surface area (Å²) in [6, 6.07) is 5.62. The predicted octanol–water partition coefficient (Wildman–Crippen LogP) is 4.16. The van der Waals surface area contributed by atoms with Crippen LogP contribution in [0.3, 0.4) is 0 Å². The molecule has 0 aliphatic carbocycles. The van der Waals surface area contributed by atoms with E-state index in [2.05, 4.69) is 20.9 Å². The number of alkyl halides is 1. The van der Waals surface area contributed by atoms with Crippen LogP contribution in [-0.4, -0.2) is 20.5 Å². The number of benzene rings is 1. The summed E-state index contributed by atoms with van der Waals surface area (Å²) in [5, 5.41) is 11.9. The molecule has 5 heteroatoms. The fraction of sp³-hybridized carbons (Fsp3) is 0.400. The first kappa shape index (κ1) is 14.1. The number of hydrogen-bond acceptors (Lipinski definition) is 3. The number of fused-ring (bicyclic) bond motifs is 2. The van der Waals surface area contributed by atoms with Gasteiger partial charge in [0.15, 0.2) is 0 Å². The lowest BCUT2D eigenvalue weighted by atomic mass is 9.90. The number of aliphatic hydroxyl groups is 1. The molecular weight excluding hydrogens is 342 g/mol. The lowest BCUT2D eigenvalue weighted by molar-refractivity contribution is 0.0228. The Hall–Kier alpha value is -0.840. The second-order valence-corrected chi connectivity index (χ2v) is 7.09. The molecule has 0 unspecified atom stereocenters. The van der Waals surface area contributed by atoms with Crippen molar-refractivity contribution < 1.29 is 9.84 Å². The molecule has 0 saturated carbocycles. The Kier molecular flexibility index (Phi) is 3.23. The van der Waals surface area contributed by atoms with Crippen LogP contribution >= 0.6 is 27.5 Å². The van der Waals surface area contributed by atoms with E-state index in [1.165, 1.54) is 0 Å². The zero-order valence-electron chi connectivity index (χ0n) is 11.4. The van der Waals surface area contributed by atoms with Crippen LogP contribution in [0.1, 0.15) is 31.1 Å². The lowest BCUT2D eigenvalue weighted by Gasteiger charge is -2.40. The maximum absolute atomic E-state index is 10.5. The maximum atomic E-state index is 10.5. The Morgan fingerprint density at radius 1 is 1.35 bits per heavy atom. The Balaban J connectivity index is 2.27. The third kappa shape index (κ3) is 2.10. The van der Waals surface area contributed by atoms with Crippen molar-refractivity contribution >= 4 is 38.4 Å². The molecule has 0 fully saturated rings. The van der Waals surface area contributed by atoms with Crippen molar-refractivity contribution in [2.45, 2.75) is 37.3 Å². The molecule has 3 rings (SSSR count). The molecule has 1 N–H and O–H groups in total. The van der Waals surface area contributed by atoms with Crippen molar-refractivity contribution in [3.05, 3.63) is 34.5 Å². The van der Waals surface area contributed by atoms with Crippen LogP contribution < -0.4 is 4.74 Å². The summed E-state index contributed by atoms with van der Waals surface area (Å²) >= 11 is 9.52. The standard InChI is InChI=1S/C15H15BrClNO2/c1-7-4-12(17)18-10-5-9-11(6-8(7)10)20-15(2,3)14(16)13(9)19/h4-6,13-14,19H,1-3H3/t13-,14+/m1/s1. The first-order chi connectivity index (χ1) is 9.29. The molecule has 0 saturated heterocycles. The second-order valence-electron chi connectivity index (χ2n) is 5.72. The van der Waals surface area contributed by atoms with E-state index in [0.717, 1.165) is 22.0 Å². The third-order valence-electron chi connectivity index (χ3n) is 3.75. The van der Waals surface area contributed by atoms with Crippen LogP contribution in [-0.2, 0) is 0 Å². The van der Waals surface area contributed by atoms with E-state index in [1.54, 1.807) is 0 Å². The molecular formula is C15H15BrClNO2. The molecule has 2 heterocycles. The van der Waals surface area contributed by atoms with Gasteiger partial charge < -0.3 is 9.84 Å². The third-order valence-corrected chi connectivity index (χ3v) is 5.55. The highest BCUT2D eigenvalue weighted by molar-refractivity contribution is 9.09. The summed E-state index contributed by atoms with van der Waals surface area (Å²) in [4.78, 5) is 4.14. The highest BCUT2D eigenvalue weighted by atomic mass is 79.9. The summed E-state index contributed by atoms with van der Waals surface area (Å²) in [5.41, 5.74) is 2.08. The van der Waals surface area contributed by atoms with Gasteiger partial charge in [-0.25, -0.2) is 4.98 Å². The second kappa shape index (κ2) is 4.58. The van der Waals surface area contributed by atoms with Gasteiger partial charge in [-0.3, -0.25) is 0 Å². The predicted molar refractivity (Wildman–Crippen MR) is 83.9 cm³/mol. The van der Waals surface area contributed by atoms with Crippen LogP contribution in [0.15, 0.2) is 18.2 Å². The topological polar surface area (TPSA) is 42.4 Å². The quantitative estimate of drug-likeness (QED) is 0.569. The average Bonchev–Trinajstić information content (AvgIpc) is 2.35. The number of rotatable bonds is 0. The molecule has 106 valence electrons. The van der Waals surface area contributed by atoms with Gasteiger partial charge >= 0.3 is 0 Å². The van der Waals surface area contributed by atoms with Crippen molar-refractivity contribution in [2.24, 2.45) is 0 Å². The van der Waals surface area contributed by atoms with E-state index in [4.69, 9.17) is 16.3 Å². The van der Waals surface area contributed by atoms with Gasteiger partial charge in [-0.2, -0.15) is 0 Å². The number of halogens is 2. The first-order valence-corrected chi connectivity index (χ1v) is 7.71. The van der Waals surface area contributed by atoms with E-state index in [9.17, 15) is 5.11 Å². The van der Waals surface area contributed by atoms with Gasteiger partial charge in [0, 0.05) is 10.9 Å². The molecule has 0 amide bonds. The van der Waals surface area contributed by atoms with Crippen molar-refractivity contribution in [3.8, 4) is 5.75 Å². The van der Waals surface area contributed by atoms with Gasteiger partial charge in [-0.1, -0.05) is 27.5 Å². The molecule has 1 aromatic heterocycles. The minimum Gasteiger partial charge on any atom is -0.486 e. The molecule has 0 spiro atoms. The number of hydrogen-bond donors (Lipinski definition) is 1. The Morgan fingerprint density at radius 3 is 2.75 bits per heavy atom. The molecule has 1 aromatic carbocycles. The summed E-state index contributed by atoms with van der Waals surface area (Å²) < 4.78 is 6.03. The van der Waals surface area contributed by atoms with Gasteiger partial charge in [0.05, 0.1) is 16.4 Å². The lowest BCUT2D eigenvalue weighted by Crippen LogP contribution is -2.45. The Labute approximate surface area is 131 Å². The molecule has 3 nitrogen and oxygen atoms in total. The van der Waals surface area contributed by atoms with Crippen LogP contribution in [0.2, 0.25) is 5.15 Å². The van der Waals surface area contributed by atoms with E-state index in [0.29, 0.717) is 10.9 Å². The number of aliphatic hydroxyl groups excluding tert-OH is 1. The number of ether oxygens (including phenoxy) is 1. The van der Waals surface area contributed by atoms with Crippen LogP contribution in [0.5, 0.6) is 5.75 Å². The highest BCUT2D eigenvalue weighted by Gasteiger charge is 2.41. The SMILES string of the molecule is Cc1cc(Cl)nc2cc3c(cc12)OC(C)(C)[C@@H](Br)[C@@H]3O. The van der Waals surface area contributed by atoms with Gasteiger partial charge in [0.2, 0.25) is 0 Å². The van der Waals surface area contributed by atoms with E-state index in [-0.39, 0.29) is 4.83 Å². The van der Waals surface area contributed by atoms with Gasteiger partial charge in [-0.05, 0) is 44.5 Å². The van der Waals surface area contributed by atoms with E-state index in [1.807, 2.05) is 39.0 Å². The molecule has 2 atom stereocenters. The minimum atomic E-state index is -0.640. The monoisotopic (exact) mass is 355 g/mol. The largest absolute Gasteiger partial charge is 0.486 e. The van der Waals surface area contributed by atoms with Gasteiger partial charge in [0.1, 0.15) is 16.5 Å². The molecule has 0 radical (unpaired) electrons. The number of aryl methyl sites for hydroxylation is 1. The van der Waals surface area contributed by atoms with Crippen molar-refractivity contribution in [2.75, 3.05) is 0 Å². The molecule has 1 aliphatic rings. The fourth-order valence-corrected chi connectivity index (χ4v) is 3.23.